The molecule has 1 aliphatic rings. The third-order valence-corrected chi connectivity index (χ3v) is 2.57. The summed E-state index contributed by atoms with van der Waals surface area (Å²) < 4.78 is 25.9. The molecule has 2 nitrogen and oxygen atoms in total. The maximum atomic E-state index is 13.1. The average molecular weight is 222 g/mol. The quantitative estimate of drug-likeness (QED) is 0.776. The lowest BCUT2D eigenvalue weighted by Crippen LogP contribution is -2.25. The summed E-state index contributed by atoms with van der Waals surface area (Å²) in [7, 11) is 0. The van der Waals surface area contributed by atoms with Crippen LogP contribution in [0.1, 0.15) is 18.9 Å². The van der Waals surface area contributed by atoms with Crippen LogP contribution in [0.2, 0.25) is 0 Å². The molecule has 84 valence electrons. The fourth-order valence-corrected chi connectivity index (χ4v) is 1.77. The van der Waals surface area contributed by atoms with Crippen LogP contribution in [0.3, 0.4) is 0 Å². The molecule has 0 fully saturated rings. The van der Waals surface area contributed by atoms with Crippen molar-refractivity contribution in [1.29, 1.82) is 0 Å². The first kappa shape index (κ1) is 10.8. The Hall–Kier alpha value is -1.71. The minimum Gasteiger partial charge on any atom is -0.283 e. The molecule has 0 amide bonds. The highest BCUT2D eigenvalue weighted by atomic mass is 19.2. The molecule has 1 aromatic rings. The normalized spacial score (nSPS) is 20.3. The zero-order chi connectivity index (χ0) is 11.7. The predicted molar refractivity (Wildman–Crippen MR) is 59.0 cm³/mol. The molecule has 2 rings (SSSR count). The Kier molecular flexibility index (Phi) is 2.73. The Labute approximate surface area is 92.7 Å². The zero-order valence-electron chi connectivity index (χ0n) is 8.93. The molecule has 1 heterocycles. The van der Waals surface area contributed by atoms with Gasteiger partial charge in [-0.2, -0.15) is 5.10 Å². The molecule has 0 spiro atoms. The maximum absolute atomic E-state index is 13.1. The van der Waals surface area contributed by atoms with Crippen molar-refractivity contribution in [3.63, 3.8) is 0 Å². The summed E-state index contributed by atoms with van der Waals surface area (Å²) in [5, 5.41) is 4.11. The Morgan fingerprint density at radius 2 is 2.12 bits per heavy atom. The largest absolute Gasteiger partial charge is 0.283 e. The van der Waals surface area contributed by atoms with Crippen molar-refractivity contribution in [3.05, 3.63) is 47.7 Å². The highest BCUT2D eigenvalue weighted by Gasteiger charge is 2.19. The van der Waals surface area contributed by atoms with Crippen molar-refractivity contribution in [3.8, 4) is 0 Å². The number of nitrogens with one attached hydrogen (secondary N) is 1. The van der Waals surface area contributed by atoms with E-state index in [1.54, 1.807) is 0 Å². The van der Waals surface area contributed by atoms with E-state index in [1.807, 2.05) is 6.92 Å². The molecule has 4 heteroatoms. The molecule has 16 heavy (non-hydrogen) atoms. The van der Waals surface area contributed by atoms with Gasteiger partial charge < -0.3 is 0 Å². The Morgan fingerprint density at radius 3 is 2.75 bits per heavy atom. The number of benzene rings is 1. The van der Waals surface area contributed by atoms with E-state index in [1.165, 1.54) is 12.1 Å². The topological polar surface area (TPSA) is 24.4 Å². The van der Waals surface area contributed by atoms with E-state index < -0.39 is 11.6 Å². The molecule has 0 aromatic heterocycles. The number of hydrazone groups is 1. The summed E-state index contributed by atoms with van der Waals surface area (Å²) in [4.78, 5) is 0. The summed E-state index contributed by atoms with van der Waals surface area (Å²) in [6.07, 6.45) is 0.748. The first-order chi connectivity index (χ1) is 7.58. The third-order valence-electron chi connectivity index (χ3n) is 2.57. The molecule has 0 radical (unpaired) electrons. The minimum absolute atomic E-state index is 0.151. The van der Waals surface area contributed by atoms with Crippen LogP contribution >= 0.6 is 0 Å². The van der Waals surface area contributed by atoms with Crippen LogP contribution in [-0.2, 0) is 0 Å². The van der Waals surface area contributed by atoms with Gasteiger partial charge in [0.05, 0.1) is 5.71 Å². The van der Waals surface area contributed by atoms with Gasteiger partial charge in [-0.1, -0.05) is 13.5 Å². The first-order valence-electron chi connectivity index (χ1n) is 5.04. The summed E-state index contributed by atoms with van der Waals surface area (Å²) in [6.45, 7) is 5.75. The molecule has 0 aliphatic carbocycles. The van der Waals surface area contributed by atoms with Crippen molar-refractivity contribution in [2.75, 3.05) is 0 Å². The second-order valence-corrected chi connectivity index (χ2v) is 3.95. The lowest BCUT2D eigenvalue weighted by molar-refractivity contribution is 0.508. The summed E-state index contributed by atoms with van der Waals surface area (Å²) in [5.41, 5.74) is 4.94. The van der Waals surface area contributed by atoms with Gasteiger partial charge in [-0.15, -0.1) is 0 Å². The van der Waals surface area contributed by atoms with E-state index >= 15 is 0 Å². The van der Waals surface area contributed by atoms with Gasteiger partial charge in [-0.05, 0) is 24.6 Å². The van der Waals surface area contributed by atoms with E-state index in [4.69, 9.17) is 0 Å². The summed E-state index contributed by atoms with van der Waals surface area (Å²) in [6, 6.07) is 3.81. The molecule has 1 aliphatic heterocycles. The zero-order valence-corrected chi connectivity index (χ0v) is 8.93. The number of hydrogen-bond donors (Lipinski definition) is 1. The highest BCUT2D eigenvalue weighted by molar-refractivity contribution is 6.02. The number of rotatable bonds is 1. The first-order valence-corrected chi connectivity index (χ1v) is 5.04. The molecule has 1 aromatic carbocycles. The second-order valence-electron chi connectivity index (χ2n) is 3.95. The lowest BCUT2D eigenvalue weighted by Gasteiger charge is -2.21. The number of nitrogens with zero attached hydrogens (tertiary/aromatic N) is 1. The van der Waals surface area contributed by atoms with E-state index in [0.29, 0.717) is 5.56 Å². The molecular weight excluding hydrogens is 210 g/mol. The van der Waals surface area contributed by atoms with E-state index in [-0.39, 0.29) is 5.92 Å². The third kappa shape index (κ3) is 1.96. The monoisotopic (exact) mass is 222 g/mol. The van der Waals surface area contributed by atoms with E-state index in [0.717, 1.165) is 23.9 Å². The minimum atomic E-state index is -0.850. The van der Waals surface area contributed by atoms with Gasteiger partial charge in [0.1, 0.15) is 0 Å². The van der Waals surface area contributed by atoms with Gasteiger partial charge in [-0.25, -0.2) is 8.78 Å². The smallest absolute Gasteiger partial charge is 0.159 e. The van der Waals surface area contributed by atoms with E-state index in [9.17, 15) is 8.78 Å². The van der Waals surface area contributed by atoms with Gasteiger partial charge in [0, 0.05) is 17.2 Å². The SMILES string of the molecule is C=C1CC(C)C(c2ccc(F)c(F)c2)=NN1. The lowest BCUT2D eigenvalue weighted by atomic mass is 9.93. The van der Waals surface area contributed by atoms with Crippen LogP contribution in [-0.4, -0.2) is 5.71 Å². The van der Waals surface area contributed by atoms with Gasteiger partial charge in [-0.3, -0.25) is 5.43 Å². The van der Waals surface area contributed by atoms with Crippen LogP contribution in [0.25, 0.3) is 0 Å². The highest BCUT2D eigenvalue weighted by Crippen LogP contribution is 2.21. The molecule has 0 saturated carbocycles. The van der Waals surface area contributed by atoms with Gasteiger partial charge in [0.2, 0.25) is 0 Å². The number of allylic oxidation sites excluding steroid dienone is 1. The van der Waals surface area contributed by atoms with Crippen molar-refractivity contribution >= 4 is 5.71 Å². The summed E-state index contributed by atoms with van der Waals surface area (Å²) >= 11 is 0. The molecule has 1 N–H and O–H groups in total. The van der Waals surface area contributed by atoms with Gasteiger partial charge in [0.25, 0.3) is 0 Å². The maximum Gasteiger partial charge on any atom is 0.159 e. The molecule has 0 saturated heterocycles. The van der Waals surface area contributed by atoms with Crippen LogP contribution in [0.5, 0.6) is 0 Å². The Bertz CT molecular complexity index is 466. The fourth-order valence-electron chi connectivity index (χ4n) is 1.77. The average Bonchev–Trinajstić information content (AvgIpc) is 2.22. The molecule has 0 bridgehead atoms. The number of hydrogen-bond acceptors (Lipinski definition) is 2. The molecule has 1 atom stereocenters. The van der Waals surface area contributed by atoms with Crippen molar-refractivity contribution in [2.24, 2.45) is 11.0 Å². The second kappa shape index (κ2) is 4.04. The Morgan fingerprint density at radius 1 is 1.38 bits per heavy atom. The van der Waals surface area contributed by atoms with Crippen molar-refractivity contribution < 1.29 is 8.78 Å². The van der Waals surface area contributed by atoms with E-state index in [2.05, 4.69) is 17.1 Å². The van der Waals surface area contributed by atoms with Crippen LogP contribution in [0, 0.1) is 17.6 Å². The van der Waals surface area contributed by atoms with Crippen LogP contribution < -0.4 is 5.43 Å². The number of halogens is 2. The molecule has 1 unspecified atom stereocenters. The standard InChI is InChI=1S/C12H12F2N2/c1-7-5-8(2)15-16-12(7)9-3-4-10(13)11(14)6-9/h3-4,6-7,15H,2,5H2,1H3. The summed E-state index contributed by atoms with van der Waals surface area (Å²) in [5.74, 6) is -1.54. The fraction of sp³-hybridized carbons (Fsp3) is 0.250. The van der Waals surface area contributed by atoms with Crippen LogP contribution in [0.15, 0.2) is 35.6 Å². The van der Waals surface area contributed by atoms with Crippen molar-refractivity contribution in [1.82, 2.24) is 5.43 Å². The van der Waals surface area contributed by atoms with Gasteiger partial charge >= 0.3 is 0 Å². The predicted octanol–water partition coefficient (Wildman–Crippen LogP) is 2.81. The van der Waals surface area contributed by atoms with Crippen LogP contribution in [0.4, 0.5) is 8.78 Å². The van der Waals surface area contributed by atoms with Gasteiger partial charge in [0.15, 0.2) is 11.6 Å². The van der Waals surface area contributed by atoms with Crippen molar-refractivity contribution in [2.45, 2.75) is 13.3 Å². The molecular formula is C12H12F2N2. The Balaban J connectivity index is 2.37.